The van der Waals surface area contributed by atoms with Crippen LogP contribution in [0.15, 0.2) is 40.5 Å². The Morgan fingerprint density at radius 1 is 1.28 bits per heavy atom. The lowest BCUT2D eigenvalue weighted by atomic mass is 10.3. The Labute approximate surface area is 105 Å². The van der Waals surface area contributed by atoms with E-state index in [1.54, 1.807) is 0 Å². The third-order valence-corrected chi connectivity index (χ3v) is 2.91. The second-order valence-electron chi connectivity index (χ2n) is 3.27. The van der Waals surface area contributed by atoms with Crippen molar-refractivity contribution in [1.82, 2.24) is 3.96 Å². The van der Waals surface area contributed by atoms with Crippen LogP contribution < -0.4 is 10.9 Å². The Bertz CT molecular complexity index is 644. The molecule has 0 aliphatic carbocycles. The first-order chi connectivity index (χ1) is 8.58. The molecule has 0 aliphatic heterocycles. The van der Waals surface area contributed by atoms with Crippen LogP contribution in [0.2, 0.25) is 0 Å². The zero-order chi connectivity index (χ0) is 13.1. The molecule has 0 aliphatic rings. The highest BCUT2D eigenvalue weighted by molar-refractivity contribution is 7.05. The number of amides is 1. The lowest BCUT2D eigenvalue weighted by molar-refractivity contribution is -0.384. The van der Waals surface area contributed by atoms with Crippen molar-refractivity contribution in [2.24, 2.45) is 0 Å². The molecule has 7 nitrogen and oxygen atoms in total. The number of hydrogen-bond donors (Lipinski definition) is 1. The summed E-state index contributed by atoms with van der Waals surface area (Å²) in [5, 5.41) is 14.4. The van der Waals surface area contributed by atoms with Crippen LogP contribution in [-0.2, 0) is 0 Å². The van der Waals surface area contributed by atoms with E-state index in [0.29, 0.717) is 5.69 Å². The van der Waals surface area contributed by atoms with E-state index in [0.717, 1.165) is 15.5 Å². The first-order valence-electron chi connectivity index (χ1n) is 4.81. The van der Waals surface area contributed by atoms with Gasteiger partial charge in [0.15, 0.2) is 0 Å². The van der Waals surface area contributed by atoms with Gasteiger partial charge in [-0.3, -0.25) is 14.9 Å². The second kappa shape index (κ2) is 4.80. The molecule has 2 rings (SSSR count). The monoisotopic (exact) mass is 265 g/mol. The third kappa shape index (κ3) is 2.43. The number of nitrogens with one attached hydrogen (secondary N) is 1. The highest BCUT2D eigenvalue weighted by Gasteiger charge is 2.09. The molecular formula is C10H7N3O4S. The van der Waals surface area contributed by atoms with Crippen LogP contribution in [0.1, 0.15) is 0 Å². The van der Waals surface area contributed by atoms with E-state index >= 15 is 0 Å². The maximum absolute atomic E-state index is 11.6. The van der Waals surface area contributed by atoms with Crippen LogP contribution in [0.25, 0.3) is 0 Å². The molecule has 0 unspecified atom stereocenters. The molecule has 0 saturated heterocycles. The number of aromatic nitrogens is 1. The number of anilines is 1. The molecule has 1 aromatic heterocycles. The van der Waals surface area contributed by atoms with Crippen molar-refractivity contribution in [2.45, 2.75) is 0 Å². The minimum Gasteiger partial charge on any atom is -0.306 e. The van der Waals surface area contributed by atoms with Gasteiger partial charge in [-0.1, -0.05) is 11.5 Å². The van der Waals surface area contributed by atoms with E-state index in [2.05, 4.69) is 5.32 Å². The Morgan fingerprint density at radius 2 is 1.94 bits per heavy atom. The highest BCUT2D eigenvalue weighted by atomic mass is 32.1. The topological polar surface area (TPSA) is 94.2 Å². The van der Waals surface area contributed by atoms with Crippen molar-refractivity contribution in [3.8, 4) is 0 Å². The molecule has 0 fully saturated rings. The highest BCUT2D eigenvalue weighted by Crippen LogP contribution is 2.15. The van der Waals surface area contributed by atoms with Crippen molar-refractivity contribution in [2.75, 3.05) is 5.32 Å². The number of carbonyl (C=O) groups is 1. The summed E-state index contributed by atoms with van der Waals surface area (Å²) in [4.78, 5) is 32.8. The minimum atomic E-state index is -0.594. The van der Waals surface area contributed by atoms with Gasteiger partial charge in [-0.05, 0) is 12.1 Å². The lowest BCUT2D eigenvalue weighted by Crippen LogP contribution is -2.25. The van der Waals surface area contributed by atoms with E-state index in [1.807, 2.05) is 0 Å². The molecule has 0 atom stereocenters. The quantitative estimate of drug-likeness (QED) is 0.662. The molecule has 1 N–H and O–H groups in total. The summed E-state index contributed by atoms with van der Waals surface area (Å²) < 4.78 is 0.946. The summed E-state index contributed by atoms with van der Waals surface area (Å²) in [5.41, 5.74) is -0.105. The van der Waals surface area contributed by atoms with Crippen LogP contribution in [0.5, 0.6) is 0 Å². The summed E-state index contributed by atoms with van der Waals surface area (Å²) in [7, 11) is 0. The minimum absolute atomic E-state index is 0.0683. The summed E-state index contributed by atoms with van der Waals surface area (Å²) in [6.07, 6.45) is 0. The fraction of sp³-hybridized carbons (Fsp3) is 0. The predicted octanol–water partition coefficient (Wildman–Crippen LogP) is 1.90. The number of rotatable bonds is 2. The average molecular weight is 265 g/mol. The van der Waals surface area contributed by atoms with E-state index in [9.17, 15) is 19.7 Å². The molecule has 92 valence electrons. The number of benzene rings is 1. The molecule has 18 heavy (non-hydrogen) atoms. The summed E-state index contributed by atoms with van der Waals surface area (Å²) >= 11 is 0.969. The standard InChI is InChI=1S/C10H7N3O4S/c14-9-5-6-18-12(9)10(15)11-7-1-3-8(4-2-7)13(16)17/h1-6H,(H,11,15). The molecule has 0 bridgehead atoms. The largest absolute Gasteiger partial charge is 0.342 e. The van der Waals surface area contributed by atoms with Gasteiger partial charge >= 0.3 is 6.03 Å². The van der Waals surface area contributed by atoms with Crippen molar-refractivity contribution in [1.29, 1.82) is 0 Å². The van der Waals surface area contributed by atoms with Gasteiger partial charge < -0.3 is 5.32 Å². The SMILES string of the molecule is O=C(Nc1ccc([N+](=O)[O-])cc1)n1sccc1=O. The Balaban J connectivity index is 2.15. The number of nitro groups is 1. The van der Waals surface area contributed by atoms with Crippen molar-refractivity contribution in [3.63, 3.8) is 0 Å². The predicted molar refractivity (Wildman–Crippen MR) is 66.1 cm³/mol. The van der Waals surface area contributed by atoms with E-state index < -0.39 is 16.5 Å². The first-order valence-corrected chi connectivity index (χ1v) is 5.64. The van der Waals surface area contributed by atoms with Crippen LogP contribution >= 0.6 is 11.5 Å². The van der Waals surface area contributed by atoms with Gasteiger partial charge in [0.05, 0.1) is 4.92 Å². The van der Waals surface area contributed by atoms with E-state index in [1.165, 1.54) is 35.7 Å². The summed E-state index contributed by atoms with van der Waals surface area (Å²) in [6.45, 7) is 0. The number of carbonyl (C=O) groups excluding carboxylic acids is 1. The molecule has 0 spiro atoms. The summed E-state index contributed by atoms with van der Waals surface area (Å²) in [5.74, 6) is 0. The summed E-state index contributed by atoms with van der Waals surface area (Å²) in [6, 6.07) is 6.02. The molecule has 0 radical (unpaired) electrons. The normalized spacial score (nSPS) is 10.0. The van der Waals surface area contributed by atoms with Gasteiger partial charge in [0, 0.05) is 29.3 Å². The average Bonchev–Trinajstić information content (AvgIpc) is 2.76. The van der Waals surface area contributed by atoms with E-state index in [4.69, 9.17) is 0 Å². The first kappa shape index (κ1) is 12.0. The van der Waals surface area contributed by atoms with Crippen LogP contribution in [-0.4, -0.2) is 14.9 Å². The van der Waals surface area contributed by atoms with Gasteiger partial charge in [0.1, 0.15) is 0 Å². The third-order valence-electron chi connectivity index (χ3n) is 2.09. The smallest absolute Gasteiger partial charge is 0.306 e. The van der Waals surface area contributed by atoms with Crippen molar-refractivity contribution in [3.05, 3.63) is 56.2 Å². The van der Waals surface area contributed by atoms with Crippen LogP contribution in [0, 0.1) is 10.1 Å². The molecule has 1 heterocycles. The molecule has 2 aromatic rings. The molecule has 1 amide bonds. The molecule has 8 heteroatoms. The van der Waals surface area contributed by atoms with Gasteiger partial charge in [-0.25, -0.2) is 4.79 Å². The maximum atomic E-state index is 11.6. The maximum Gasteiger partial charge on any atom is 0.342 e. The number of non-ortho nitro benzene ring substituents is 1. The number of nitro benzene ring substituents is 1. The Hall–Kier alpha value is -2.48. The van der Waals surface area contributed by atoms with Crippen LogP contribution in [0.3, 0.4) is 0 Å². The lowest BCUT2D eigenvalue weighted by Gasteiger charge is -2.03. The fourth-order valence-electron chi connectivity index (χ4n) is 1.26. The fourth-order valence-corrected chi connectivity index (χ4v) is 1.86. The van der Waals surface area contributed by atoms with Gasteiger partial charge in [-0.2, -0.15) is 3.96 Å². The zero-order valence-corrected chi connectivity index (χ0v) is 9.72. The second-order valence-corrected chi connectivity index (χ2v) is 4.12. The van der Waals surface area contributed by atoms with Gasteiger partial charge in [-0.15, -0.1) is 0 Å². The Kier molecular flexibility index (Phi) is 3.20. The molecule has 1 aromatic carbocycles. The zero-order valence-electron chi connectivity index (χ0n) is 8.90. The van der Waals surface area contributed by atoms with Crippen molar-refractivity contribution < 1.29 is 9.72 Å². The number of nitrogens with zero attached hydrogens (tertiary/aromatic N) is 2. The van der Waals surface area contributed by atoms with Gasteiger partial charge in [0.25, 0.3) is 11.2 Å². The number of hydrogen-bond acceptors (Lipinski definition) is 5. The Morgan fingerprint density at radius 3 is 2.44 bits per heavy atom. The molecule has 0 saturated carbocycles. The van der Waals surface area contributed by atoms with Gasteiger partial charge in [0.2, 0.25) is 0 Å². The van der Waals surface area contributed by atoms with Crippen molar-refractivity contribution >= 4 is 28.9 Å². The van der Waals surface area contributed by atoms with E-state index in [-0.39, 0.29) is 5.69 Å². The van der Waals surface area contributed by atoms with Crippen LogP contribution in [0.4, 0.5) is 16.2 Å². The molecular weight excluding hydrogens is 258 g/mol.